The van der Waals surface area contributed by atoms with Crippen LogP contribution in [0.3, 0.4) is 0 Å². The molecule has 2 amide bonds. The zero-order valence-electron chi connectivity index (χ0n) is 22.8. The Labute approximate surface area is 244 Å². The molecule has 1 saturated carbocycles. The van der Waals surface area contributed by atoms with E-state index in [4.69, 9.17) is 23.2 Å². The van der Waals surface area contributed by atoms with E-state index in [2.05, 4.69) is 16.0 Å². The second-order valence-corrected chi connectivity index (χ2v) is 10.4. The van der Waals surface area contributed by atoms with Gasteiger partial charge in [-0.15, -0.1) is 0 Å². The lowest BCUT2D eigenvalue weighted by Crippen LogP contribution is -2.54. The van der Waals surface area contributed by atoms with Crippen LogP contribution in [0.4, 0.5) is 15.8 Å². The number of rotatable bonds is 6. The van der Waals surface area contributed by atoms with E-state index in [1.165, 1.54) is 13.0 Å². The van der Waals surface area contributed by atoms with Gasteiger partial charge in [0.05, 0.1) is 10.9 Å². The summed E-state index contributed by atoms with van der Waals surface area (Å²) in [7, 11) is 0. The molecule has 0 radical (unpaired) electrons. The van der Waals surface area contributed by atoms with Crippen LogP contribution in [0, 0.1) is 11.7 Å². The van der Waals surface area contributed by atoms with Crippen molar-refractivity contribution in [2.75, 3.05) is 17.2 Å². The molecule has 212 valence electrons. The highest BCUT2D eigenvalue weighted by atomic mass is 35.5. The number of hydrogen-bond acceptors (Lipinski definition) is 4. The Bertz CT molecular complexity index is 1330. The normalized spacial score (nSPS) is 18.2. The van der Waals surface area contributed by atoms with Crippen LogP contribution in [-0.4, -0.2) is 30.2 Å². The first-order valence-corrected chi connectivity index (χ1v) is 14.1. The molecular formula is C31H34Cl2FN3O3. The quantitative estimate of drug-likeness (QED) is 0.207. The third-order valence-corrected chi connectivity index (χ3v) is 7.72. The molecule has 5 rings (SSSR count). The molecular weight excluding hydrogens is 552 g/mol. The lowest BCUT2D eigenvalue weighted by molar-refractivity contribution is -0.123. The number of amides is 2. The molecule has 3 N–H and O–H groups in total. The van der Waals surface area contributed by atoms with Crippen molar-refractivity contribution in [3.05, 3.63) is 93.7 Å². The van der Waals surface area contributed by atoms with Gasteiger partial charge in [-0.2, -0.15) is 0 Å². The molecule has 1 heterocycles. The predicted octanol–water partition coefficient (Wildman–Crippen LogP) is 7.48. The summed E-state index contributed by atoms with van der Waals surface area (Å²) in [6, 6.07) is 18.8. The Morgan fingerprint density at radius 1 is 1.00 bits per heavy atom. The molecule has 1 aliphatic carbocycles. The topological polar surface area (TPSA) is 87.3 Å². The minimum atomic E-state index is -0.433. The Morgan fingerprint density at radius 2 is 1.68 bits per heavy atom. The van der Waals surface area contributed by atoms with Gasteiger partial charge in [0.25, 0.3) is 0 Å². The van der Waals surface area contributed by atoms with Crippen LogP contribution in [0.5, 0.6) is 0 Å². The van der Waals surface area contributed by atoms with Gasteiger partial charge in [0, 0.05) is 40.0 Å². The van der Waals surface area contributed by atoms with Gasteiger partial charge < -0.3 is 16.0 Å². The lowest BCUT2D eigenvalue weighted by atomic mass is 9.65. The van der Waals surface area contributed by atoms with Crippen LogP contribution in [-0.2, 0) is 9.59 Å². The largest absolute Gasteiger partial charge is 0.329 e. The fourth-order valence-electron chi connectivity index (χ4n) is 5.16. The molecule has 1 spiro atoms. The first-order chi connectivity index (χ1) is 19.2. The smallest absolute Gasteiger partial charge is 0.230 e. The number of carbonyl (C=O) groups is 3. The molecule has 9 heteroatoms. The highest BCUT2D eigenvalue weighted by molar-refractivity contribution is 6.31. The zero-order valence-corrected chi connectivity index (χ0v) is 24.3. The molecule has 1 saturated heterocycles. The second kappa shape index (κ2) is 14.4. The third kappa shape index (κ3) is 7.27. The first kappa shape index (κ1) is 31.3. The summed E-state index contributed by atoms with van der Waals surface area (Å²) in [6.45, 7) is 6.06. The zero-order chi connectivity index (χ0) is 29.3. The fraction of sp³-hybridized carbons (Fsp3) is 0.323. The summed E-state index contributed by atoms with van der Waals surface area (Å²) in [4.78, 5) is 34.0. The van der Waals surface area contributed by atoms with Crippen molar-refractivity contribution in [3.63, 3.8) is 0 Å². The van der Waals surface area contributed by atoms with E-state index in [0.29, 0.717) is 40.5 Å². The molecule has 2 unspecified atom stereocenters. The number of benzene rings is 3. The van der Waals surface area contributed by atoms with Crippen molar-refractivity contribution in [1.82, 2.24) is 5.32 Å². The Balaban J connectivity index is 0.000000265. The van der Waals surface area contributed by atoms with E-state index in [1.54, 1.807) is 60.7 Å². The van der Waals surface area contributed by atoms with Gasteiger partial charge in [-0.05, 0) is 80.3 Å². The summed E-state index contributed by atoms with van der Waals surface area (Å²) in [6.07, 6.45) is 3.50. The minimum absolute atomic E-state index is 0.0210. The van der Waals surface area contributed by atoms with Crippen molar-refractivity contribution in [2.45, 2.75) is 51.5 Å². The van der Waals surface area contributed by atoms with Crippen LogP contribution < -0.4 is 16.0 Å². The monoisotopic (exact) mass is 585 g/mol. The molecule has 1 aliphatic heterocycles. The van der Waals surface area contributed by atoms with Crippen LogP contribution in [0.25, 0.3) is 0 Å². The minimum Gasteiger partial charge on any atom is -0.329 e. The maximum absolute atomic E-state index is 14.6. The van der Waals surface area contributed by atoms with Crippen molar-refractivity contribution in [1.29, 1.82) is 0 Å². The van der Waals surface area contributed by atoms with E-state index in [-0.39, 0.29) is 34.1 Å². The number of Topliss-reactive ketones (excluding diaryl/α,β-unsaturated/α-hetero) is 1. The summed E-state index contributed by atoms with van der Waals surface area (Å²) < 4.78 is 14.6. The van der Waals surface area contributed by atoms with Gasteiger partial charge in [0.2, 0.25) is 12.3 Å². The molecule has 0 aromatic heterocycles. The lowest BCUT2D eigenvalue weighted by Gasteiger charge is -2.43. The molecule has 3 aromatic carbocycles. The maximum Gasteiger partial charge on any atom is 0.230 e. The van der Waals surface area contributed by atoms with E-state index in [0.717, 1.165) is 19.3 Å². The van der Waals surface area contributed by atoms with Crippen LogP contribution >= 0.6 is 23.2 Å². The summed E-state index contributed by atoms with van der Waals surface area (Å²) in [5, 5.41) is 9.59. The summed E-state index contributed by atoms with van der Waals surface area (Å²) in [5.74, 6) is -1.14. The maximum atomic E-state index is 14.6. The molecule has 2 fully saturated rings. The molecule has 40 heavy (non-hydrogen) atoms. The van der Waals surface area contributed by atoms with Crippen molar-refractivity contribution in [3.8, 4) is 0 Å². The Morgan fingerprint density at radius 3 is 2.25 bits per heavy atom. The SMILES string of the molecule is CC.CC(=O)c1ccc(NC=O)cc1.O=C(Nc1cccc(Cl)c1)C1C(c2cccc(Cl)c2F)CNC12CCC2. The Hall–Kier alpha value is -3.26. The number of anilines is 2. The first-order valence-electron chi connectivity index (χ1n) is 13.3. The van der Waals surface area contributed by atoms with Gasteiger partial charge in [-0.1, -0.05) is 55.2 Å². The van der Waals surface area contributed by atoms with Crippen molar-refractivity contribution in [2.24, 2.45) is 5.92 Å². The van der Waals surface area contributed by atoms with Gasteiger partial charge in [0.1, 0.15) is 5.82 Å². The fourth-order valence-corrected chi connectivity index (χ4v) is 5.53. The van der Waals surface area contributed by atoms with E-state index in [9.17, 15) is 18.8 Å². The van der Waals surface area contributed by atoms with E-state index >= 15 is 0 Å². The van der Waals surface area contributed by atoms with Gasteiger partial charge in [-0.3, -0.25) is 14.4 Å². The number of ketones is 1. The standard InChI is InChI=1S/C20H19Cl2FN2O.C9H9NO2.C2H6/c21-12-4-1-5-13(10-12)25-19(26)17-15(11-24-20(17)8-3-9-20)14-6-2-7-16(22)18(14)23;1-7(12)8-2-4-9(5-3-8)10-6-11;1-2/h1-2,4-7,10,15,17,24H,3,8-9,11H2,(H,25,26);2-6H,1H3,(H,10,11);1-2H3. The molecule has 6 nitrogen and oxygen atoms in total. The van der Waals surface area contributed by atoms with Gasteiger partial charge in [0.15, 0.2) is 5.78 Å². The van der Waals surface area contributed by atoms with E-state index in [1.807, 2.05) is 13.8 Å². The number of nitrogens with one attached hydrogen (secondary N) is 3. The number of halogens is 3. The van der Waals surface area contributed by atoms with Crippen LogP contribution in [0.2, 0.25) is 10.0 Å². The van der Waals surface area contributed by atoms with Crippen LogP contribution in [0.1, 0.15) is 61.9 Å². The molecule has 2 atom stereocenters. The second-order valence-electron chi connectivity index (χ2n) is 9.51. The van der Waals surface area contributed by atoms with Crippen molar-refractivity contribution < 1.29 is 18.8 Å². The number of carbonyl (C=O) groups excluding carboxylic acids is 3. The van der Waals surface area contributed by atoms with Gasteiger partial charge >= 0.3 is 0 Å². The summed E-state index contributed by atoms with van der Waals surface area (Å²) in [5.41, 5.74) is 2.22. The number of hydrogen-bond donors (Lipinski definition) is 3. The summed E-state index contributed by atoms with van der Waals surface area (Å²) >= 11 is 12.0. The van der Waals surface area contributed by atoms with Crippen LogP contribution in [0.15, 0.2) is 66.7 Å². The molecule has 3 aromatic rings. The molecule has 0 bridgehead atoms. The molecule has 2 aliphatic rings. The predicted molar refractivity (Wildman–Crippen MR) is 160 cm³/mol. The third-order valence-electron chi connectivity index (χ3n) is 7.19. The van der Waals surface area contributed by atoms with E-state index < -0.39 is 5.82 Å². The Kier molecular flexibility index (Phi) is 11.3. The average molecular weight is 587 g/mol. The average Bonchev–Trinajstić information content (AvgIpc) is 3.34. The van der Waals surface area contributed by atoms with Crippen molar-refractivity contribution >= 4 is 52.7 Å². The highest BCUT2D eigenvalue weighted by Gasteiger charge is 2.55. The van der Waals surface area contributed by atoms with Gasteiger partial charge in [-0.25, -0.2) is 4.39 Å². The highest BCUT2D eigenvalue weighted by Crippen LogP contribution is 2.50.